The molecule has 0 aromatic rings. The van der Waals surface area contributed by atoms with E-state index in [9.17, 15) is 20.1 Å². The van der Waals surface area contributed by atoms with Crippen LogP contribution in [0, 0.1) is 17.8 Å². The van der Waals surface area contributed by atoms with Gasteiger partial charge in [-0.05, 0) is 31.6 Å². The van der Waals surface area contributed by atoms with Crippen molar-refractivity contribution in [3.8, 4) is 0 Å². The highest BCUT2D eigenvalue weighted by molar-refractivity contribution is 5.69. The van der Waals surface area contributed by atoms with Crippen molar-refractivity contribution in [1.82, 2.24) is 0 Å². The van der Waals surface area contributed by atoms with Crippen LogP contribution in [0.2, 0.25) is 0 Å². The van der Waals surface area contributed by atoms with Crippen LogP contribution < -0.4 is 0 Å². The Labute approximate surface area is 157 Å². The third-order valence-corrected chi connectivity index (χ3v) is 5.34. The van der Waals surface area contributed by atoms with Gasteiger partial charge in [-0.25, -0.2) is 0 Å². The topological polar surface area (TPSA) is 98.0 Å². The minimum atomic E-state index is -0.782. The second-order valence-corrected chi connectivity index (χ2v) is 7.58. The first-order valence-corrected chi connectivity index (χ1v) is 9.97. The summed E-state index contributed by atoms with van der Waals surface area (Å²) in [6.45, 7) is 3.82. The van der Waals surface area contributed by atoms with E-state index < -0.39 is 24.3 Å². The highest BCUT2D eigenvalue weighted by Gasteiger charge is 2.39. The van der Waals surface area contributed by atoms with Gasteiger partial charge in [0.25, 0.3) is 0 Å². The fraction of sp³-hybridized carbons (Fsp3) is 0.762. The van der Waals surface area contributed by atoms with E-state index in [0.29, 0.717) is 25.7 Å². The lowest BCUT2D eigenvalue weighted by Gasteiger charge is -2.19. The quantitative estimate of drug-likeness (QED) is 0.313. The smallest absolute Gasteiger partial charge is 0.306 e. The minimum absolute atomic E-state index is 0.0720. The van der Waals surface area contributed by atoms with E-state index in [1.54, 1.807) is 13.0 Å². The summed E-state index contributed by atoms with van der Waals surface area (Å²) in [6.07, 6.45) is 12.1. The van der Waals surface area contributed by atoms with Crippen molar-refractivity contribution in [2.24, 2.45) is 17.8 Å². The molecule has 6 atom stereocenters. The summed E-state index contributed by atoms with van der Waals surface area (Å²) in [5.74, 6) is -1.37. The lowest BCUT2D eigenvalue weighted by Crippen LogP contribution is -2.20. The number of carboxylic acids is 1. The molecule has 0 amide bonds. The number of aliphatic hydroxyl groups is 3. The Kier molecular flexibility index (Phi) is 10.8. The summed E-state index contributed by atoms with van der Waals surface area (Å²) in [4.78, 5) is 10.8. The van der Waals surface area contributed by atoms with Crippen LogP contribution in [-0.2, 0) is 4.79 Å². The Morgan fingerprint density at radius 2 is 1.88 bits per heavy atom. The first-order valence-electron chi connectivity index (χ1n) is 9.97. The van der Waals surface area contributed by atoms with Gasteiger partial charge >= 0.3 is 5.97 Å². The molecular formula is C21H36O5. The molecule has 0 bridgehead atoms. The molecule has 1 aliphatic carbocycles. The molecule has 0 saturated heterocycles. The van der Waals surface area contributed by atoms with E-state index >= 15 is 0 Å². The number of rotatable bonds is 12. The molecular weight excluding hydrogens is 332 g/mol. The maximum absolute atomic E-state index is 10.8. The Morgan fingerprint density at radius 1 is 1.15 bits per heavy atom. The van der Waals surface area contributed by atoms with Crippen LogP contribution in [0.15, 0.2) is 24.3 Å². The Hall–Kier alpha value is -1.17. The third kappa shape index (κ3) is 8.02. The molecule has 1 rings (SSSR count). The van der Waals surface area contributed by atoms with Gasteiger partial charge in [0.1, 0.15) is 0 Å². The van der Waals surface area contributed by atoms with Crippen molar-refractivity contribution < 1.29 is 25.2 Å². The maximum Gasteiger partial charge on any atom is 0.306 e. The second-order valence-electron chi connectivity index (χ2n) is 7.58. The van der Waals surface area contributed by atoms with Crippen LogP contribution >= 0.6 is 0 Å². The summed E-state index contributed by atoms with van der Waals surface area (Å²) < 4.78 is 0. The van der Waals surface area contributed by atoms with E-state index in [-0.39, 0.29) is 17.8 Å². The molecule has 1 saturated carbocycles. The van der Waals surface area contributed by atoms with Crippen LogP contribution in [0.4, 0.5) is 0 Å². The number of unbranched alkanes of at least 4 members (excludes halogenated alkanes) is 2. The Bertz CT molecular complexity index is 459. The standard InChI is InChI=1S/C21H36O5/c1-3-4-6-10-16(22)12-13-18-17(19(23)14-20(18)24)11-8-5-7-9-15(2)21(25)26/h5,8,12-13,15-20,22-24H,3-4,6-7,9-11,14H2,1-2H3,(H,25,26)/t15?,16?,17-,18-,19?,20?/m1/s1. The molecule has 4 N–H and O–H groups in total. The number of allylic oxidation sites excluding steroid dienone is 2. The summed E-state index contributed by atoms with van der Waals surface area (Å²) in [6, 6.07) is 0. The maximum atomic E-state index is 10.8. The van der Waals surface area contributed by atoms with Crippen molar-refractivity contribution in [3.05, 3.63) is 24.3 Å². The summed E-state index contributed by atoms with van der Waals surface area (Å²) in [5, 5.41) is 39.3. The van der Waals surface area contributed by atoms with Crippen LogP contribution in [0.25, 0.3) is 0 Å². The predicted octanol–water partition coefficient (Wildman–Crippen LogP) is 3.29. The molecule has 0 aromatic carbocycles. The van der Waals surface area contributed by atoms with Crippen molar-refractivity contribution in [1.29, 1.82) is 0 Å². The zero-order valence-corrected chi connectivity index (χ0v) is 16.1. The van der Waals surface area contributed by atoms with E-state index in [4.69, 9.17) is 5.11 Å². The number of aliphatic carboxylic acids is 1. The first-order chi connectivity index (χ1) is 12.4. The van der Waals surface area contributed by atoms with E-state index in [1.807, 2.05) is 18.2 Å². The number of aliphatic hydroxyl groups excluding tert-OH is 3. The minimum Gasteiger partial charge on any atom is -0.481 e. The number of hydrogen-bond donors (Lipinski definition) is 4. The van der Waals surface area contributed by atoms with E-state index in [1.165, 1.54) is 0 Å². The summed E-state index contributed by atoms with van der Waals surface area (Å²) in [5.41, 5.74) is 0. The zero-order chi connectivity index (χ0) is 19.5. The molecule has 0 aromatic heterocycles. The van der Waals surface area contributed by atoms with Gasteiger partial charge in [0.05, 0.1) is 24.2 Å². The highest BCUT2D eigenvalue weighted by Crippen LogP contribution is 2.36. The molecule has 150 valence electrons. The fourth-order valence-electron chi connectivity index (χ4n) is 3.50. The molecule has 0 radical (unpaired) electrons. The molecule has 1 fully saturated rings. The van der Waals surface area contributed by atoms with Gasteiger partial charge in [-0.3, -0.25) is 4.79 Å². The van der Waals surface area contributed by atoms with Crippen molar-refractivity contribution in [2.45, 2.75) is 83.5 Å². The molecule has 0 aliphatic heterocycles. The highest BCUT2D eigenvalue weighted by atomic mass is 16.4. The van der Waals surface area contributed by atoms with Crippen molar-refractivity contribution in [3.63, 3.8) is 0 Å². The van der Waals surface area contributed by atoms with Gasteiger partial charge in [-0.15, -0.1) is 0 Å². The van der Waals surface area contributed by atoms with Crippen molar-refractivity contribution in [2.75, 3.05) is 0 Å². The lowest BCUT2D eigenvalue weighted by atomic mass is 9.89. The number of carboxylic acid groups (broad SMARTS) is 1. The molecule has 1 aliphatic rings. The normalized spacial score (nSPS) is 28.8. The van der Waals surface area contributed by atoms with Gasteiger partial charge in [0.2, 0.25) is 0 Å². The molecule has 4 unspecified atom stereocenters. The third-order valence-electron chi connectivity index (χ3n) is 5.34. The Balaban J connectivity index is 2.49. The van der Waals surface area contributed by atoms with Gasteiger partial charge in [-0.1, -0.05) is 57.4 Å². The fourth-order valence-corrected chi connectivity index (χ4v) is 3.50. The van der Waals surface area contributed by atoms with Crippen LogP contribution in [0.1, 0.15) is 65.2 Å². The largest absolute Gasteiger partial charge is 0.481 e. The van der Waals surface area contributed by atoms with E-state index in [2.05, 4.69) is 6.92 Å². The van der Waals surface area contributed by atoms with Crippen LogP contribution in [0.3, 0.4) is 0 Å². The number of carbonyl (C=O) groups is 1. The number of hydrogen-bond acceptors (Lipinski definition) is 4. The van der Waals surface area contributed by atoms with E-state index in [0.717, 1.165) is 25.7 Å². The summed E-state index contributed by atoms with van der Waals surface area (Å²) >= 11 is 0. The SMILES string of the molecule is CCCCCC(O)C=C[C@H]1C(O)CC(O)[C@@H]1CC=CCCC(C)C(=O)O. The second kappa shape index (κ2) is 12.3. The van der Waals surface area contributed by atoms with Crippen molar-refractivity contribution >= 4 is 5.97 Å². The lowest BCUT2D eigenvalue weighted by molar-refractivity contribution is -0.141. The zero-order valence-electron chi connectivity index (χ0n) is 16.1. The van der Waals surface area contributed by atoms with Gasteiger partial charge in [-0.2, -0.15) is 0 Å². The van der Waals surface area contributed by atoms with Gasteiger partial charge in [0, 0.05) is 12.3 Å². The summed E-state index contributed by atoms with van der Waals surface area (Å²) in [7, 11) is 0. The van der Waals surface area contributed by atoms with Gasteiger partial charge in [0.15, 0.2) is 0 Å². The van der Waals surface area contributed by atoms with Crippen LogP contribution in [-0.4, -0.2) is 44.7 Å². The monoisotopic (exact) mass is 368 g/mol. The first kappa shape index (κ1) is 22.9. The van der Waals surface area contributed by atoms with Gasteiger partial charge < -0.3 is 20.4 Å². The van der Waals surface area contributed by atoms with Crippen LogP contribution in [0.5, 0.6) is 0 Å². The molecule has 26 heavy (non-hydrogen) atoms. The predicted molar refractivity (Wildman–Crippen MR) is 103 cm³/mol. The molecule has 0 heterocycles. The average Bonchev–Trinajstić information content (AvgIpc) is 2.85. The molecule has 5 nitrogen and oxygen atoms in total. The Morgan fingerprint density at radius 3 is 2.54 bits per heavy atom. The molecule has 5 heteroatoms. The molecule has 0 spiro atoms. The average molecular weight is 369 g/mol.